The average Bonchev–Trinajstić information content (AvgIpc) is 2.24. The summed E-state index contributed by atoms with van der Waals surface area (Å²) >= 11 is 1.37. The monoisotopic (exact) mass is 276 g/mol. The maximum atomic E-state index is 12.8. The van der Waals surface area contributed by atoms with Crippen LogP contribution in [-0.4, -0.2) is 11.6 Å². The highest BCUT2D eigenvalue weighted by Gasteiger charge is 2.34. The molecule has 0 saturated heterocycles. The minimum atomic E-state index is -4.49. The van der Waals surface area contributed by atoms with E-state index in [1.54, 1.807) is 6.07 Å². The van der Waals surface area contributed by atoms with Crippen molar-refractivity contribution in [1.29, 1.82) is 5.41 Å². The number of alkyl halides is 3. The first-order chi connectivity index (χ1) is 8.21. The van der Waals surface area contributed by atoms with Crippen LogP contribution in [0, 0.1) is 11.3 Å². The molecule has 0 fully saturated rings. The van der Waals surface area contributed by atoms with Gasteiger partial charge in [-0.15, -0.1) is 11.8 Å². The molecular formula is C12H15F3N2S. The number of hydrogen-bond acceptors (Lipinski definition) is 2. The maximum Gasteiger partial charge on any atom is 0.417 e. The fourth-order valence-electron chi connectivity index (χ4n) is 1.35. The zero-order valence-corrected chi connectivity index (χ0v) is 11.0. The molecule has 0 saturated carbocycles. The van der Waals surface area contributed by atoms with Crippen LogP contribution in [-0.2, 0) is 6.18 Å². The topological polar surface area (TPSA) is 49.9 Å². The van der Waals surface area contributed by atoms with Crippen LogP contribution in [0.15, 0.2) is 23.1 Å². The largest absolute Gasteiger partial charge is 0.417 e. The van der Waals surface area contributed by atoms with Crippen LogP contribution >= 0.6 is 11.8 Å². The molecule has 1 aromatic carbocycles. The summed E-state index contributed by atoms with van der Waals surface area (Å²) in [6.45, 7) is 4.00. The van der Waals surface area contributed by atoms with Gasteiger partial charge in [0.2, 0.25) is 0 Å². The Hall–Kier alpha value is -1.17. The van der Waals surface area contributed by atoms with Gasteiger partial charge in [0.15, 0.2) is 0 Å². The third kappa shape index (κ3) is 3.94. The number of halogens is 3. The van der Waals surface area contributed by atoms with E-state index in [2.05, 4.69) is 0 Å². The fraction of sp³-hybridized carbons (Fsp3) is 0.417. The molecule has 0 heterocycles. The summed E-state index contributed by atoms with van der Waals surface area (Å²) in [7, 11) is 0. The van der Waals surface area contributed by atoms with Crippen LogP contribution in [0.4, 0.5) is 13.2 Å². The van der Waals surface area contributed by atoms with Gasteiger partial charge in [0, 0.05) is 16.2 Å². The third-order valence-corrected chi connectivity index (χ3v) is 3.59. The third-order valence-electron chi connectivity index (χ3n) is 2.17. The van der Waals surface area contributed by atoms with Crippen LogP contribution < -0.4 is 5.73 Å². The van der Waals surface area contributed by atoms with Crippen LogP contribution in [0.3, 0.4) is 0 Å². The second-order valence-corrected chi connectivity index (χ2v) is 5.42. The Kier molecular flexibility index (Phi) is 4.67. The Morgan fingerprint density at radius 2 is 2.00 bits per heavy atom. The molecule has 0 aliphatic heterocycles. The Morgan fingerprint density at radius 1 is 1.39 bits per heavy atom. The molecule has 2 nitrogen and oxygen atoms in total. The van der Waals surface area contributed by atoms with Crippen molar-refractivity contribution in [3.8, 4) is 0 Å². The smallest absolute Gasteiger partial charge is 0.384 e. The highest BCUT2D eigenvalue weighted by molar-refractivity contribution is 7.99. The summed E-state index contributed by atoms with van der Waals surface area (Å²) in [5.41, 5.74) is 4.05. The highest BCUT2D eigenvalue weighted by Crippen LogP contribution is 2.35. The molecule has 0 atom stereocenters. The van der Waals surface area contributed by atoms with E-state index < -0.39 is 17.6 Å². The van der Waals surface area contributed by atoms with Crippen LogP contribution in [0.2, 0.25) is 0 Å². The molecule has 0 unspecified atom stereocenters. The van der Waals surface area contributed by atoms with Crippen LogP contribution in [0.25, 0.3) is 0 Å². The van der Waals surface area contributed by atoms with Gasteiger partial charge in [-0.3, -0.25) is 5.41 Å². The molecule has 0 bridgehead atoms. The van der Waals surface area contributed by atoms with Gasteiger partial charge in [0.05, 0.1) is 5.56 Å². The number of nitrogens with one attached hydrogen (secondary N) is 1. The lowest BCUT2D eigenvalue weighted by Gasteiger charge is -2.14. The van der Waals surface area contributed by atoms with Crippen molar-refractivity contribution in [2.24, 2.45) is 11.7 Å². The van der Waals surface area contributed by atoms with E-state index in [4.69, 9.17) is 11.1 Å². The van der Waals surface area contributed by atoms with Crippen molar-refractivity contribution in [2.75, 3.05) is 5.75 Å². The van der Waals surface area contributed by atoms with Gasteiger partial charge in [-0.1, -0.05) is 13.8 Å². The molecule has 0 spiro atoms. The van der Waals surface area contributed by atoms with Gasteiger partial charge in [0.25, 0.3) is 0 Å². The number of rotatable bonds is 4. The molecule has 0 radical (unpaired) electrons. The second-order valence-electron chi connectivity index (χ2n) is 4.32. The molecule has 0 amide bonds. The fourth-order valence-corrected chi connectivity index (χ4v) is 2.24. The van der Waals surface area contributed by atoms with Crippen molar-refractivity contribution < 1.29 is 13.2 Å². The van der Waals surface area contributed by atoms with E-state index in [1.807, 2.05) is 13.8 Å². The Balaban J connectivity index is 3.10. The number of thioether (sulfide) groups is 1. The van der Waals surface area contributed by atoms with Gasteiger partial charge in [0.1, 0.15) is 5.84 Å². The van der Waals surface area contributed by atoms with E-state index in [9.17, 15) is 13.2 Å². The molecule has 3 N–H and O–H groups in total. The lowest BCUT2D eigenvalue weighted by Crippen LogP contribution is -2.18. The van der Waals surface area contributed by atoms with Gasteiger partial charge in [-0.2, -0.15) is 13.2 Å². The van der Waals surface area contributed by atoms with E-state index in [0.717, 1.165) is 11.8 Å². The summed E-state index contributed by atoms with van der Waals surface area (Å²) in [5, 5.41) is 7.17. The predicted molar refractivity (Wildman–Crippen MR) is 68.0 cm³/mol. The van der Waals surface area contributed by atoms with E-state index in [0.29, 0.717) is 10.8 Å². The summed E-state index contributed by atoms with van der Waals surface area (Å²) in [4.78, 5) is 0.543. The number of nitrogen functional groups attached to an aromatic ring is 1. The quantitative estimate of drug-likeness (QED) is 0.500. The molecule has 100 valence electrons. The summed E-state index contributed by atoms with van der Waals surface area (Å²) < 4.78 is 38.5. The first-order valence-electron chi connectivity index (χ1n) is 5.40. The minimum absolute atomic E-state index is 0.267. The molecule has 0 aliphatic rings. The molecule has 1 aromatic rings. The number of hydrogen-bond donors (Lipinski definition) is 2. The molecule has 0 aliphatic carbocycles. The summed E-state index contributed by atoms with van der Waals surface area (Å²) in [6, 6.07) is 3.89. The van der Waals surface area contributed by atoms with Crippen molar-refractivity contribution in [2.45, 2.75) is 24.9 Å². The Labute approximate surface area is 108 Å². The van der Waals surface area contributed by atoms with Crippen molar-refractivity contribution in [3.63, 3.8) is 0 Å². The number of nitrogens with two attached hydrogens (primary N) is 1. The highest BCUT2D eigenvalue weighted by atomic mass is 32.2. The lowest BCUT2D eigenvalue weighted by atomic mass is 10.1. The molecule has 0 aromatic heterocycles. The predicted octanol–water partition coefficient (Wildman–Crippen LogP) is 3.74. The molecule has 1 rings (SSSR count). The first-order valence-corrected chi connectivity index (χ1v) is 6.39. The number of benzene rings is 1. The van der Waals surface area contributed by atoms with Gasteiger partial charge in [-0.25, -0.2) is 0 Å². The minimum Gasteiger partial charge on any atom is -0.384 e. The van der Waals surface area contributed by atoms with E-state index in [1.165, 1.54) is 17.8 Å². The molecule has 18 heavy (non-hydrogen) atoms. The van der Waals surface area contributed by atoms with Crippen molar-refractivity contribution in [3.05, 3.63) is 29.3 Å². The van der Waals surface area contributed by atoms with Gasteiger partial charge < -0.3 is 5.73 Å². The van der Waals surface area contributed by atoms with E-state index >= 15 is 0 Å². The zero-order chi connectivity index (χ0) is 13.9. The normalized spacial score (nSPS) is 11.9. The average molecular weight is 276 g/mol. The number of amidine groups is 1. The van der Waals surface area contributed by atoms with Crippen molar-refractivity contribution in [1.82, 2.24) is 0 Å². The molecule has 6 heteroatoms. The Bertz CT molecular complexity index is 441. The standard InChI is InChI=1S/C12H15F3N2S/c1-7(2)6-18-8-3-4-9(11(16)17)10(5-8)12(13,14)15/h3-5,7H,6H2,1-2H3,(H3,16,17). The van der Waals surface area contributed by atoms with Crippen LogP contribution in [0.5, 0.6) is 0 Å². The zero-order valence-electron chi connectivity index (χ0n) is 10.1. The summed E-state index contributed by atoms with van der Waals surface area (Å²) in [6.07, 6.45) is -4.49. The lowest BCUT2D eigenvalue weighted by molar-refractivity contribution is -0.137. The van der Waals surface area contributed by atoms with Gasteiger partial charge >= 0.3 is 6.18 Å². The second kappa shape index (κ2) is 5.65. The molecular weight excluding hydrogens is 261 g/mol. The summed E-state index contributed by atoms with van der Waals surface area (Å²) in [5.74, 6) is 0.580. The van der Waals surface area contributed by atoms with Gasteiger partial charge in [-0.05, 0) is 24.1 Å². The van der Waals surface area contributed by atoms with E-state index in [-0.39, 0.29) is 5.56 Å². The Morgan fingerprint density at radius 3 is 2.44 bits per heavy atom. The SMILES string of the molecule is CC(C)CSc1ccc(C(=N)N)c(C(F)(F)F)c1. The van der Waals surface area contributed by atoms with Crippen LogP contribution in [0.1, 0.15) is 25.0 Å². The first kappa shape index (κ1) is 14.9. The maximum absolute atomic E-state index is 12.8. The van der Waals surface area contributed by atoms with Crippen molar-refractivity contribution >= 4 is 17.6 Å².